The number of carbonyl (C=O) groups excluding carboxylic acids is 1. The number of hydrogen-bond acceptors (Lipinski definition) is 3. The van der Waals surface area contributed by atoms with Crippen LogP contribution in [0.4, 0.5) is 0 Å². The second-order valence-electron chi connectivity index (χ2n) is 1.14. The van der Waals surface area contributed by atoms with Crippen molar-refractivity contribution in [2.45, 2.75) is 13.3 Å². The van der Waals surface area contributed by atoms with Gasteiger partial charge in [-0.1, -0.05) is 0 Å². The van der Waals surface area contributed by atoms with Gasteiger partial charge in [-0.2, -0.15) is 5.26 Å². The number of nitrogens with zero attached hydrogens (tertiary/aromatic N) is 1. The fourth-order valence-electron chi connectivity index (χ4n) is 0.277. The van der Waals surface area contributed by atoms with Gasteiger partial charge in [-0.15, -0.1) is 0 Å². The van der Waals surface area contributed by atoms with Crippen molar-refractivity contribution in [3.05, 3.63) is 0 Å². The van der Waals surface area contributed by atoms with Crippen LogP contribution in [0, 0.1) is 11.3 Å². The van der Waals surface area contributed by atoms with Crippen LogP contribution in [0.1, 0.15) is 13.3 Å². The first-order chi connectivity index (χ1) is 3.81. The third-order valence-electron chi connectivity index (χ3n) is 0.529. The normalized spacial score (nSPS) is 6.67. The van der Waals surface area contributed by atoms with Crippen molar-refractivity contribution in [3.8, 4) is 6.07 Å². The fraction of sp³-hybridized carbons (Fsp3) is 0.600. The molecule has 0 heterocycles. The molecule has 9 heavy (non-hydrogen) atoms. The van der Waals surface area contributed by atoms with E-state index < -0.39 is 5.97 Å². The standard InChI is InChI=1S/C5H7NO2.K.H/c1-2-8-5(7)3-4-6;;/h2-3H2,1H3;;. The van der Waals surface area contributed by atoms with Crippen molar-refractivity contribution in [2.24, 2.45) is 0 Å². The van der Waals surface area contributed by atoms with Crippen LogP contribution in [0.25, 0.3) is 0 Å². The van der Waals surface area contributed by atoms with E-state index in [0.717, 1.165) is 0 Å². The van der Waals surface area contributed by atoms with E-state index in [4.69, 9.17) is 5.26 Å². The van der Waals surface area contributed by atoms with Gasteiger partial charge in [0.1, 0.15) is 6.42 Å². The maximum absolute atomic E-state index is 10.2. The van der Waals surface area contributed by atoms with Crippen molar-refractivity contribution in [1.29, 1.82) is 5.26 Å². The van der Waals surface area contributed by atoms with E-state index in [1.165, 1.54) is 0 Å². The molecular weight excluding hydrogens is 145 g/mol. The molecular formula is C5H8KNO2. The van der Waals surface area contributed by atoms with Gasteiger partial charge in [0.2, 0.25) is 0 Å². The summed E-state index contributed by atoms with van der Waals surface area (Å²) < 4.78 is 4.42. The molecule has 0 amide bonds. The maximum atomic E-state index is 10.2. The van der Waals surface area contributed by atoms with Crippen LogP contribution in [-0.4, -0.2) is 64.0 Å². The first-order valence-electron chi connectivity index (χ1n) is 2.33. The third kappa shape index (κ3) is 8.60. The summed E-state index contributed by atoms with van der Waals surface area (Å²) in [6, 6.07) is 1.68. The summed E-state index contributed by atoms with van der Waals surface area (Å²) in [7, 11) is 0. The van der Waals surface area contributed by atoms with E-state index >= 15 is 0 Å². The third-order valence-corrected chi connectivity index (χ3v) is 0.529. The van der Waals surface area contributed by atoms with Gasteiger partial charge in [0, 0.05) is 0 Å². The molecule has 4 heteroatoms. The number of carbonyl (C=O) groups is 1. The molecule has 0 N–H and O–H groups in total. The predicted molar refractivity (Wildman–Crippen MR) is 34.0 cm³/mol. The van der Waals surface area contributed by atoms with E-state index in [9.17, 15) is 4.79 Å². The van der Waals surface area contributed by atoms with Crippen LogP contribution < -0.4 is 0 Å². The zero-order chi connectivity index (χ0) is 6.41. The monoisotopic (exact) mass is 153 g/mol. The Bertz CT molecular complexity index is 119. The first kappa shape index (κ1) is 12.3. The topological polar surface area (TPSA) is 50.1 Å². The summed E-state index contributed by atoms with van der Waals surface area (Å²) in [6.45, 7) is 2.05. The van der Waals surface area contributed by atoms with Crippen molar-refractivity contribution in [1.82, 2.24) is 0 Å². The van der Waals surface area contributed by atoms with Gasteiger partial charge in [0.25, 0.3) is 0 Å². The summed E-state index contributed by atoms with van der Waals surface area (Å²) in [4.78, 5) is 10.2. The second kappa shape index (κ2) is 8.60. The molecule has 0 bridgehead atoms. The minimum atomic E-state index is -0.449. The molecule has 0 aliphatic rings. The molecule has 0 fully saturated rings. The Hall–Kier alpha value is 0.596. The molecule has 0 aromatic carbocycles. The van der Waals surface area contributed by atoms with E-state index in [1.54, 1.807) is 13.0 Å². The Morgan fingerprint density at radius 3 is 2.67 bits per heavy atom. The first-order valence-corrected chi connectivity index (χ1v) is 2.33. The van der Waals surface area contributed by atoms with Crippen LogP contribution in [-0.2, 0) is 9.53 Å². The average molecular weight is 153 g/mol. The Labute approximate surface area is 96.8 Å². The summed E-state index contributed by atoms with van der Waals surface area (Å²) in [5, 5.41) is 7.91. The van der Waals surface area contributed by atoms with Gasteiger partial charge in [-0.25, -0.2) is 0 Å². The number of esters is 1. The van der Waals surface area contributed by atoms with E-state index in [-0.39, 0.29) is 57.8 Å². The molecule has 0 rings (SSSR count). The van der Waals surface area contributed by atoms with Crippen LogP contribution in [0.3, 0.4) is 0 Å². The van der Waals surface area contributed by atoms with Gasteiger partial charge in [-0.05, 0) is 6.92 Å². The van der Waals surface area contributed by atoms with Gasteiger partial charge in [0.05, 0.1) is 12.7 Å². The second-order valence-corrected chi connectivity index (χ2v) is 1.14. The molecule has 0 aromatic rings. The molecule has 46 valence electrons. The van der Waals surface area contributed by atoms with Crippen molar-refractivity contribution < 1.29 is 9.53 Å². The van der Waals surface area contributed by atoms with Crippen LogP contribution in [0.15, 0.2) is 0 Å². The molecule has 3 nitrogen and oxygen atoms in total. The number of ether oxygens (including phenoxy) is 1. The van der Waals surface area contributed by atoms with E-state index in [2.05, 4.69) is 4.74 Å². The molecule has 0 atom stereocenters. The zero-order valence-electron chi connectivity index (χ0n) is 4.68. The van der Waals surface area contributed by atoms with Gasteiger partial charge >= 0.3 is 57.4 Å². The van der Waals surface area contributed by atoms with Gasteiger partial charge in [0.15, 0.2) is 0 Å². The van der Waals surface area contributed by atoms with Crippen molar-refractivity contribution in [3.63, 3.8) is 0 Å². The summed E-state index contributed by atoms with van der Waals surface area (Å²) in [6.07, 6.45) is -0.145. The molecule has 0 spiro atoms. The molecule has 0 saturated heterocycles. The van der Waals surface area contributed by atoms with Gasteiger partial charge in [-0.3, -0.25) is 4.79 Å². The van der Waals surface area contributed by atoms with Crippen LogP contribution >= 0.6 is 0 Å². The molecule has 0 radical (unpaired) electrons. The summed E-state index contributed by atoms with van der Waals surface area (Å²) >= 11 is 0. The Balaban J connectivity index is 0. The van der Waals surface area contributed by atoms with Crippen molar-refractivity contribution >= 4 is 57.4 Å². The Morgan fingerprint density at radius 1 is 1.78 bits per heavy atom. The zero-order valence-corrected chi connectivity index (χ0v) is 4.68. The Kier molecular flexibility index (Phi) is 11.7. The minimum absolute atomic E-state index is 0. The number of rotatable bonds is 2. The molecule has 0 aromatic heterocycles. The predicted octanol–water partition coefficient (Wildman–Crippen LogP) is -0.185. The summed E-state index contributed by atoms with van der Waals surface area (Å²) in [5.41, 5.74) is 0. The van der Waals surface area contributed by atoms with Crippen LogP contribution in [0.5, 0.6) is 0 Å². The molecule has 0 aliphatic heterocycles. The van der Waals surface area contributed by atoms with Crippen molar-refractivity contribution in [2.75, 3.05) is 6.61 Å². The molecule has 0 aliphatic carbocycles. The number of hydrogen-bond donors (Lipinski definition) is 0. The molecule has 0 unspecified atom stereocenters. The SMILES string of the molecule is CCOC(=O)CC#N.[KH]. The van der Waals surface area contributed by atoms with Crippen LogP contribution in [0.2, 0.25) is 0 Å². The Morgan fingerprint density at radius 2 is 2.33 bits per heavy atom. The fourth-order valence-corrected chi connectivity index (χ4v) is 0.277. The quantitative estimate of drug-likeness (QED) is 0.408. The summed E-state index contributed by atoms with van der Waals surface area (Å²) in [5.74, 6) is -0.449. The molecule has 0 saturated carbocycles. The van der Waals surface area contributed by atoms with E-state index in [0.29, 0.717) is 6.61 Å². The average Bonchev–Trinajstić information content (AvgIpc) is 1.68. The van der Waals surface area contributed by atoms with Gasteiger partial charge < -0.3 is 4.74 Å². The number of nitriles is 1. The van der Waals surface area contributed by atoms with E-state index in [1.807, 2.05) is 0 Å².